The Hall–Kier alpha value is -2.10. The second-order valence-corrected chi connectivity index (χ2v) is 4.84. The number of hydrogen-bond donors (Lipinski definition) is 2. The molecule has 2 rings (SSSR count). The smallest absolute Gasteiger partial charge is 0.129 e. The Balaban J connectivity index is 2.21. The number of nitrogens with one attached hydrogen (secondary N) is 1. The third-order valence-electron chi connectivity index (χ3n) is 2.88. The molecule has 0 aliphatic carbocycles. The lowest BCUT2D eigenvalue weighted by Gasteiger charge is -2.13. The summed E-state index contributed by atoms with van der Waals surface area (Å²) in [6.45, 7) is 4.25. The Kier molecular flexibility index (Phi) is 5.55. The summed E-state index contributed by atoms with van der Waals surface area (Å²) < 4.78 is 0. The predicted octanol–water partition coefficient (Wildman–Crippen LogP) is 4.08. The number of benzene rings is 1. The van der Waals surface area contributed by atoms with Crippen molar-refractivity contribution < 1.29 is 5.11 Å². The summed E-state index contributed by atoms with van der Waals surface area (Å²) in [5.41, 5.74) is 2.25. The Morgan fingerprint density at radius 3 is 2.71 bits per heavy atom. The molecule has 0 amide bonds. The molecule has 0 saturated carbocycles. The van der Waals surface area contributed by atoms with Gasteiger partial charge in [0.2, 0.25) is 0 Å². The zero-order valence-electron chi connectivity index (χ0n) is 11.5. The van der Waals surface area contributed by atoms with Gasteiger partial charge in [-0.05, 0) is 23.8 Å². The third-order valence-corrected chi connectivity index (χ3v) is 3.09. The molecule has 0 fully saturated rings. The van der Waals surface area contributed by atoms with Crippen molar-refractivity contribution in [3.8, 4) is 0 Å². The van der Waals surface area contributed by atoms with Crippen LogP contribution in [0.5, 0.6) is 0 Å². The van der Waals surface area contributed by atoms with E-state index in [1.807, 2.05) is 36.4 Å². The Bertz CT molecular complexity index is 626. The maximum atomic E-state index is 10.3. The van der Waals surface area contributed by atoms with Gasteiger partial charge >= 0.3 is 0 Å². The van der Waals surface area contributed by atoms with Crippen LogP contribution in [0.1, 0.15) is 17.4 Å². The van der Waals surface area contributed by atoms with Crippen molar-refractivity contribution in [2.24, 2.45) is 0 Å². The second-order valence-electron chi connectivity index (χ2n) is 4.45. The number of nitrogens with zero attached hydrogens (tertiary/aromatic N) is 1. The van der Waals surface area contributed by atoms with Crippen molar-refractivity contribution in [3.63, 3.8) is 0 Å². The Morgan fingerprint density at radius 1 is 1.24 bits per heavy atom. The molecule has 0 saturated heterocycles. The molecule has 0 aliphatic rings. The van der Waals surface area contributed by atoms with Crippen molar-refractivity contribution >= 4 is 23.4 Å². The van der Waals surface area contributed by atoms with Crippen LogP contribution in [0.3, 0.4) is 0 Å². The van der Waals surface area contributed by atoms with E-state index in [-0.39, 0.29) is 0 Å². The van der Waals surface area contributed by atoms with Gasteiger partial charge < -0.3 is 10.4 Å². The molecule has 1 atom stereocenters. The topological polar surface area (TPSA) is 45.2 Å². The molecular weight excluding hydrogens is 284 g/mol. The zero-order chi connectivity index (χ0) is 15.1. The summed E-state index contributed by atoms with van der Waals surface area (Å²) in [6.07, 6.45) is 4.44. The lowest BCUT2D eigenvalue weighted by atomic mass is 10.1. The Labute approximate surface area is 129 Å². The highest BCUT2D eigenvalue weighted by Gasteiger charge is 2.12. The first kappa shape index (κ1) is 15.3. The first-order valence-electron chi connectivity index (χ1n) is 6.63. The van der Waals surface area contributed by atoms with Crippen LogP contribution in [0.15, 0.2) is 61.2 Å². The minimum Gasteiger partial charge on any atom is -0.383 e. The van der Waals surface area contributed by atoms with E-state index in [0.717, 1.165) is 11.3 Å². The highest BCUT2D eigenvalue weighted by atomic mass is 35.5. The van der Waals surface area contributed by atoms with Crippen molar-refractivity contribution in [2.45, 2.75) is 6.10 Å². The molecule has 21 heavy (non-hydrogen) atoms. The number of anilines is 1. The maximum Gasteiger partial charge on any atom is 0.129 e. The fourth-order valence-corrected chi connectivity index (χ4v) is 2.02. The first-order valence-corrected chi connectivity index (χ1v) is 7.01. The fourth-order valence-electron chi connectivity index (χ4n) is 1.86. The lowest BCUT2D eigenvalue weighted by Crippen LogP contribution is -2.06. The average Bonchev–Trinajstić information content (AvgIpc) is 2.52. The maximum absolute atomic E-state index is 10.3. The summed E-state index contributed by atoms with van der Waals surface area (Å²) in [5.74, 6) is 0. The van der Waals surface area contributed by atoms with Gasteiger partial charge in [0.05, 0.1) is 11.4 Å². The minimum atomic E-state index is -0.837. The van der Waals surface area contributed by atoms with E-state index in [9.17, 15) is 5.11 Å². The van der Waals surface area contributed by atoms with Gasteiger partial charge in [-0.25, -0.2) is 4.98 Å². The largest absolute Gasteiger partial charge is 0.383 e. The van der Waals surface area contributed by atoms with Crippen LogP contribution < -0.4 is 5.32 Å². The predicted molar refractivity (Wildman–Crippen MR) is 88.4 cm³/mol. The van der Waals surface area contributed by atoms with Gasteiger partial charge in [-0.15, -0.1) is 6.58 Å². The average molecular weight is 301 g/mol. The summed E-state index contributed by atoms with van der Waals surface area (Å²) in [7, 11) is 0. The van der Waals surface area contributed by atoms with Gasteiger partial charge in [-0.2, -0.15) is 0 Å². The number of halogens is 1. The van der Waals surface area contributed by atoms with Gasteiger partial charge in [-0.1, -0.05) is 54.1 Å². The molecule has 4 heteroatoms. The van der Waals surface area contributed by atoms with Crippen LogP contribution in [0, 0.1) is 0 Å². The molecular formula is C17H17ClN2O. The van der Waals surface area contributed by atoms with Crippen LogP contribution in [0.25, 0.3) is 6.08 Å². The summed E-state index contributed by atoms with van der Waals surface area (Å²) in [4.78, 5) is 4.21. The summed E-state index contributed by atoms with van der Waals surface area (Å²) in [6, 6.07) is 13.2. The van der Waals surface area contributed by atoms with Gasteiger partial charge in [0.15, 0.2) is 0 Å². The van der Waals surface area contributed by atoms with Crippen LogP contribution in [-0.2, 0) is 0 Å². The highest BCUT2D eigenvalue weighted by molar-refractivity contribution is 6.29. The molecule has 1 unspecified atom stereocenters. The zero-order valence-corrected chi connectivity index (χ0v) is 12.3. The van der Waals surface area contributed by atoms with E-state index in [0.29, 0.717) is 17.4 Å². The fraction of sp³-hybridized carbons (Fsp3) is 0.118. The SMILES string of the molecule is C=CCNc1ccc(Cl)nc1C(O)/C=C/c1ccccc1. The second kappa shape index (κ2) is 7.62. The molecule has 1 aromatic heterocycles. The molecule has 3 nitrogen and oxygen atoms in total. The minimum absolute atomic E-state index is 0.348. The monoisotopic (exact) mass is 300 g/mol. The van der Waals surface area contributed by atoms with Gasteiger partial charge in [0.1, 0.15) is 11.3 Å². The number of hydrogen-bond acceptors (Lipinski definition) is 3. The number of aliphatic hydroxyl groups is 1. The molecule has 0 spiro atoms. The van der Waals surface area contributed by atoms with Crippen molar-refractivity contribution in [3.05, 3.63) is 77.6 Å². The molecule has 108 valence electrons. The van der Waals surface area contributed by atoms with E-state index in [1.54, 1.807) is 24.3 Å². The molecule has 1 aromatic carbocycles. The van der Waals surface area contributed by atoms with E-state index < -0.39 is 6.10 Å². The molecule has 0 radical (unpaired) electrons. The number of pyridine rings is 1. The van der Waals surface area contributed by atoms with E-state index in [2.05, 4.69) is 16.9 Å². The summed E-state index contributed by atoms with van der Waals surface area (Å²) in [5, 5.41) is 13.8. The molecule has 0 aliphatic heterocycles. The van der Waals surface area contributed by atoms with Gasteiger partial charge in [-0.3, -0.25) is 0 Å². The highest BCUT2D eigenvalue weighted by Crippen LogP contribution is 2.24. The van der Waals surface area contributed by atoms with E-state index in [1.165, 1.54) is 0 Å². The van der Waals surface area contributed by atoms with Gasteiger partial charge in [0, 0.05) is 6.54 Å². The quantitative estimate of drug-likeness (QED) is 0.624. The van der Waals surface area contributed by atoms with E-state index >= 15 is 0 Å². The molecule has 2 aromatic rings. The standard InChI is InChI=1S/C17H17ClN2O/c1-2-12-19-14-9-11-16(18)20-17(14)15(21)10-8-13-6-4-3-5-7-13/h2-11,15,19,21H,1,12H2/b10-8+. The van der Waals surface area contributed by atoms with Gasteiger partial charge in [0.25, 0.3) is 0 Å². The molecule has 1 heterocycles. The normalized spacial score (nSPS) is 12.3. The third kappa shape index (κ3) is 4.45. The molecule has 2 N–H and O–H groups in total. The van der Waals surface area contributed by atoms with Crippen molar-refractivity contribution in [1.29, 1.82) is 0 Å². The number of aliphatic hydroxyl groups excluding tert-OH is 1. The van der Waals surface area contributed by atoms with Crippen LogP contribution in [0.2, 0.25) is 5.15 Å². The van der Waals surface area contributed by atoms with E-state index in [4.69, 9.17) is 11.6 Å². The van der Waals surface area contributed by atoms with Crippen molar-refractivity contribution in [2.75, 3.05) is 11.9 Å². The summed E-state index contributed by atoms with van der Waals surface area (Å²) >= 11 is 5.92. The molecule has 0 bridgehead atoms. The first-order chi connectivity index (χ1) is 10.2. The number of aromatic nitrogens is 1. The van der Waals surface area contributed by atoms with Crippen LogP contribution in [-0.4, -0.2) is 16.6 Å². The van der Waals surface area contributed by atoms with Crippen LogP contribution in [0.4, 0.5) is 5.69 Å². The Morgan fingerprint density at radius 2 is 2.00 bits per heavy atom. The number of rotatable bonds is 6. The lowest BCUT2D eigenvalue weighted by molar-refractivity contribution is 0.225. The van der Waals surface area contributed by atoms with Crippen LogP contribution >= 0.6 is 11.6 Å². The van der Waals surface area contributed by atoms with Crippen molar-refractivity contribution in [1.82, 2.24) is 4.98 Å².